The number of thiophene rings is 1. The molecular weight excluding hydrogens is 304 g/mol. The topological polar surface area (TPSA) is 94.1 Å². The molecule has 1 aromatic carbocycles. The number of anilines is 1. The predicted octanol–water partition coefficient (Wildman–Crippen LogP) is 3.63. The minimum atomic E-state index is -0.397. The van der Waals surface area contributed by atoms with E-state index in [0.717, 1.165) is 10.6 Å². The van der Waals surface area contributed by atoms with Crippen LogP contribution in [0, 0.1) is 17.0 Å². The Morgan fingerprint density at radius 2 is 2.27 bits per heavy atom. The monoisotopic (exact) mass is 316 g/mol. The van der Waals surface area contributed by atoms with Crippen molar-refractivity contribution in [2.45, 2.75) is 13.5 Å². The first-order valence-electron chi connectivity index (χ1n) is 6.49. The summed E-state index contributed by atoms with van der Waals surface area (Å²) in [6.07, 6.45) is 0. The number of nitrogens with one attached hydrogen (secondary N) is 1. The van der Waals surface area contributed by atoms with Crippen molar-refractivity contribution in [3.63, 3.8) is 0 Å². The first kappa shape index (κ1) is 14.2. The summed E-state index contributed by atoms with van der Waals surface area (Å²) >= 11 is 1.53. The van der Waals surface area contributed by atoms with Crippen molar-refractivity contribution in [3.05, 3.63) is 57.2 Å². The molecule has 8 heteroatoms. The van der Waals surface area contributed by atoms with Crippen molar-refractivity contribution in [2.75, 3.05) is 5.32 Å². The second-order valence-electron chi connectivity index (χ2n) is 4.60. The van der Waals surface area contributed by atoms with E-state index in [0.29, 0.717) is 23.8 Å². The number of benzene rings is 1. The van der Waals surface area contributed by atoms with E-state index in [1.165, 1.54) is 17.4 Å². The lowest BCUT2D eigenvalue weighted by Gasteiger charge is -2.04. The lowest BCUT2D eigenvalue weighted by atomic mass is 10.2. The summed E-state index contributed by atoms with van der Waals surface area (Å²) in [5, 5.41) is 19.8. The van der Waals surface area contributed by atoms with Crippen LogP contribution in [-0.4, -0.2) is 15.1 Å². The minimum Gasteiger partial charge on any atom is -0.378 e. The molecule has 0 atom stereocenters. The van der Waals surface area contributed by atoms with E-state index in [1.807, 2.05) is 17.5 Å². The number of nitro groups is 1. The van der Waals surface area contributed by atoms with Gasteiger partial charge in [-0.3, -0.25) is 10.1 Å². The highest BCUT2D eigenvalue weighted by molar-refractivity contribution is 7.13. The van der Waals surface area contributed by atoms with Gasteiger partial charge in [-0.15, -0.1) is 11.3 Å². The van der Waals surface area contributed by atoms with Crippen molar-refractivity contribution < 1.29 is 9.45 Å². The van der Waals surface area contributed by atoms with Gasteiger partial charge in [0.2, 0.25) is 0 Å². The molecule has 0 bridgehead atoms. The quantitative estimate of drug-likeness (QED) is 0.570. The molecular formula is C14H12N4O3S. The molecule has 0 radical (unpaired) electrons. The number of nitro benzene ring substituents is 1. The molecule has 1 N–H and O–H groups in total. The zero-order valence-electron chi connectivity index (χ0n) is 11.6. The average molecular weight is 316 g/mol. The molecule has 0 spiro atoms. The minimum absolute atomic E-state index is 0.102. The molecule has 0 unspecified atom stereocenters. The molecule has 3 aromatic rings. The van der Waals surface area contributed by atoms with Gasteiger partial charge >= 0.3 is 0 Å². The van der Waals surface area contributed by atoms with Gasteiger partial charge in [0.25, 0.3) is 11.6 Å². The van der Waals surface area contributed by atoms with Gasteiger partial charge in [0, 0.05) is 17.3 Å². The number of nitrogens with zero attached hydrogens (tertiary/aromatic N) is 3. The first-order valence-corrected chi connectivity index (χ1v) is 7.37. The molecule has 0 aliphatic rings. The zero-order chi connectivity index (χ0) is 15.5. The molecule has 3 rings (SSSR count). The van der Waals surface area contributed by atoms with E-state index in [1.54, 1.807) is 19.1 Å². The standard InChI is InChI=1S/C14H12N4O3S/c1-9-7-10(4-5-11(9)18(19)20)15-8-13-16-14(21-17-13)12-3-2-6-22-12/h2-7,15H,8H2,1H3. The highest BCUT2D eigenvalue weighted by atomic mass is 32.1. The van der Waals surface area contributed by atoms with E-state index in [2.05, 4.69) is 15.5 Å². The Kier molecular flexibility index (Phi) is 3.84. The third-order valence-corrected chi connectivity index (χ3v) is 3.90. The lowest BCUT2D eigenvalue weighted by molar-refractivity contribution is -0.385. The van der Waals surface area contributed by atoms with Gasteiger partial charge in [-0.2, -0.15) is 4.98 Å². The molecule has 22 heavy (non-hydrogen) atoms. The largest absolute Gasteiger partial charge is 0.378 e. The van der Waals surface area contributed by atoms with E-state index in [9.17, 15) is 10.1 Å². The van der Waals surface area contributed by atoms with Crippen LogP contribution in [0.1, 0.15) is 11.4 Å². The Balaban J connectivity index is 1.68. The van der Waals surface area contributed by atoms with Gasteiger partial charge in [-0.1, -0.05) is 11.2 Å². The molecule has 112 valence electrons. The summed E-state index contributed by atoms with van der Waals surface area (Å²) in [5.74, 6) is 1.02. The van der Waals surface area contributed by atoms with Crippen LogP contribution in [-0.2, 0) is 6.54 Å². The fraction of sp³-hybridized carbons (Fsp3) is 0.143. The van der Waals surface area contributed by atoms with Crippen molar-refractivity contribution in [1.29, 1.82) is 0 Å². The van der Waals surface area contributed by atoms with Crippen molar-refractivity contribution in [2.24, 2.45) is 0 Å². The maximum Gasteiger partial charge on any atom is 0.272 e. The summed E-state index contributed by atoms with van der Waals surface area (Å²) in [4.78, 5) is 15.6. The van der Waals surface area contributed by atoms with Gasteiger partial charge in [0.15, 0.2) is 5.82 Å². The van der Waals surface area contributed by atoms with Crippen LogP contribution >= 0.6 is 11.3 Å². The van der Waals surface area contributed by atoms with Crippen LogP contribution in [0.15, 0.2) is 40.2 Å². The lowest BCUT2D eigenvalue weighted by Crippen LogP contribution is -2.02. The summed E-state index contributed by atoms with van der Waals surface area (Å²) in [5.41, 5.74) is 1.47. The molecule has 0 amide bonds. The average Bonchev–Trinajstić information content (AvgIpc) is 3.16. The molecule has 0 saturated carbocycles. The second kappa shape index (κ2) is 5.94. The van der Waals surface area contributed by atoms with Crippen molar-refractivity contribution >= 4 is 22.7 Å². The summed E-state index contributed by atoms with van der Waals surface area (Å²) in [7, 11) is 0. The Labute approximate surface area is 129 Å². The number of aromatic nitrogens is 2. The van der Waals surface area contributed by atoms with Gasteiger partial charge in [-0.05, 0) is 30.5 Å². The van der Waals surface area contributed by atoms with E-state index < -0.39 is 4.92 Å². The predicted molar refractivity (Wildman–Crippen MR) is 82.8 cm³/mol. The van der Waals surface area contributed by atoms with Crippen LogP contribution in [0.4, 0.5) is 11.4 Å². The van der Waals surface area contributed by atoms with Crippen LogP contribution < -0.4 is 5.32 Å². The Hall–Kier alpha value is -2.74. The maximum atomic E-state index is 10.8. The molecule has 0 saturated heterocycles. The Morgan fingerprint density at radius 1 is 1.41 bits per heavy atom. The molecule has 2 heterocycles. The van der Waals surface area contributed by atoms with Gasteiger partial charge in [0.05, 0.1) is 16.3 Å². The number of aryl methyl sites for hydroxylation is 1. The van der Waals surface area contributed by atoms with Crippen LogP contribution in [0.2, 0.25) is 0 Å². The van der Waals surface area contributed by atoms with E-state index >= 15 is 0 Å². The van der Waals surface area contributed by atoms with Crippen molar-refractivity contribution in [1.82, 2.24) is 10.1 Å². The first-order chi connectivity index (χ1) is 10.6. The third kappa shape index (κ3) is 2.96. The molecule has 0 fully saturated rings. The van der Waals surface area contributed by atoms with Crippen LogP contribution in [0.25, 0.3) is 10.8 Å². The van der Waals surface area contributed by atoms with Crippen LogP contribution in [0.5, 0.6) is 0 Å². The normalized spacial score (nSPS) is 10.6. The summed E-state index contributed by atoms with van der Waals surface area (Å²) < 4.78 is 5.19. The number of hydrogen-bond acceptors (Lipinski definition) is 7. The smallest absolute Gasteiger partial charge is 0.272 e. The zero-order valence-corrected chi connectivity index (χ0v) is 12.5. The highest BCUT2D eigenvalue weighted by Gasteiger charge is 2.12. The summed E-state index contributed by atoms with van der Waals surface area (Å²) in [6.45, 7) is 2.08. The maximum absolute atomic E-state index is 10.8. The van der Waals surface area contributed by atoms with Crippen molar-refractivity contribution in [3.8, 4) is 10.8 Å². The van der Waals surface area contributed by atoms with Gasteiger partial charge < -0.3 is 9.84 Å². The molecule has 7 nitrogen and oxygen atoms in total. The summed E-state index contributed by atoms with van der Waals surface area (Å²) in [6, 6.07) is 8.69. The Bertz CT molecular complexity index is 798. The molecule has 2 aromatic heterocycles. The van der Waals surface area contributed by atoms with Crippen LogP contribution in [0.3, 0.4) is 0 Å². The fourth-order valence-corrected chi connectivity index (χ4v) is 2.62. The third-order valence-electron chi connectivity index (χ3n) is 3.04. The van der Waals surface area contributed by atoms with Gasteiger partial charge in [-0.25, -0.2) is 0 Å². The Morgan fingerprint density at radius 3 is 2.95 bits per heavy atom. The highest BCUT2D eigenvalue weighted by Crippen LogP contribution is 2.24. The fourth-order valence-electron chi connectivity index (χ4n) is 1.98. The SMILES string of the molecule is Cc1cc(NCc2noc(-c3cccs3)n2)ccc1[N+](=O)[O-]. The second-order valence-corrected chi connectivity index (χ2v) is 5.55. The number of hydrogen-bond donors (Lipinski definition) is 1. The van der Waals surface area contributed by atoms with Gasteiger partial charge in [0.1, 0.15) is 0 Å². The van der Waals surface area contributed by atoms with E-state index in [4.69, 9.17) is 4.52 Å². The van der Waals surface area contributed by atoms with E-state index in [-0.39, 0.29) is 5.69 Å². The molecule has 0 aliphatic heterocycles. The number of rotatable bonds is 5. The molecule has 0 aliphatic carbocycles.